The molecule has 0 spiro atoms. The third-order valence-electron chi connectivity index (χ3n) is 1.69. The number of benzene rings is 1. The van der Waals surface area contributed by atoms with Crippen LogP contribution in [0.3, 0.4) is 0 Å². The largest absolute Gasteiger partial charge is 1.00 e. The fourth-order valence-corrected chi connectivity index (χ4v) is 1.71. The maximum Gasteiger partial charge on any atom is 1.00 e. The molecule has 0 fully saturated rings. The molecule has 0 aliphatic rings. The van der Waals surface area contributed by atoms with E-state index in [-0.39, 0.29) is 39.2 Å². The van der Waals surface area contributed by atoms with E-state index in [1.54, 1.807) is 0 Å². The van der Waals surface area contributed by atoms with Gasteiger partial charge in [0.2, 0.25) is 0 Å². The predicted octanol–water partition coefficient (Wildman–Crippen LogP) is -0.435. The third-order valence-corrected chi connectivity index (χ3v) is 2.55. The topological polar surface area (TPSA) is 119 Å². The zero-order chi connectivity index (χ0) is 10.3. The second-order valence-corrected chi connectivity index (χ2v) is 3.91. The molecule has 0 radical (unpaired) electrons. The fourth-order valence-electron chi connectivity index (χ4n) is 1.10. The van der Waals surface area contributed by atoms with Gasteiger partial charge in [-0.15, -0.1) is 0 Å². The number of hydrogen-bond donors (Lipinski definition) is 2. The minimum Gasteiger partial charge on any atom is -0.744 e. The number of phenolic OH excluding ortho intramolecular Hbond substituents is 1. The molecule has 0 saturated carbocycles. The minimum atomic E-state index is -4.60. The van der Waals surface area contributed by atoms with Gasteiger partial charge in [0.25, 0.3) is 0 Å². The van der Waals surface area contributed by atoms with Crippen LogP contribution in [0.1, 0.15) is 0 Å². The Labute approximate surface area is 99.8 Å². The van der Waals surface area contributed by atoms with Crippen LogP contribution in [0, 0.1) is 0 Å². The first-order chi connectivity index (χ1) is 6.50. The van der Waals surface area contributed by atoms with Crippen molar-refractivity contribution >= 4 is 21.2 Å². The summed E-state index contributed by atoms with van der Waals surface area (Å²) in [5, 5.41) is 18.3. The van der Waals surface area contributed by atoms with Crippen molar-refractivity contribution in [3.8, 4) is 5.75 Å². The van der Waals surface area contributed by atoms with Gasteiger partial charge >= 0.3 is 22.4 Å². The maximum atomic E-state index is 10.7. The zero-order valence-electron chi connectivity index (χ0n) is 6.93. The Kier molecular flexibility index (Phi) is 3.16. The Bertz CT molecular complexity index is 593. The summed E-state index contributed by atoms with van der Waals surface area (Å²) in [6.45, 7) is 0. The van der Waals surface area contributed by atoms with Gasteiger partial charge < -0.3 is 9.66 Å². The van der Waals surface area contributed by atoms with Gasteiger partial charge in [0.05, 0.1) is 4.90 Å². The molecular weight excluding hydrogens is 318 g/mol. The summed E-state index contributed by atoms with van der Waals surface area (Å²) < 4.78 is 32.2. The molecule has 7 nitrogen and oxygen atoms in total. The molecule has 1 aromatic heterocycles. The number of nitrogens with one attached hydrogen (secondary N) is 1. The summed E-state index contributed by atoms with van der Waals surface area (Å²) in [5.74, 6) is -0.235. The molecular formula is C6H4AgN3O4S. The Morgan fingerprint density at radius 1 is 1.27 bits per heavy atom. The molecule has 0 aliphatic carbocycles. The van der Waals surface area contributed by atoms with Crippen molar-refractivity contribution in [3.05, 3.63) is 12.1 Å². The smallest absolute Gasteiger partial charge is 0.744 e. The first-order valence-corrected chi connectivity index (χ1v) is 4.89. The van der Waals surface area contributed by atoms with E-state index in [1.165, 1.54) is 0 Å². The second-order valence-electron chi connectivity index (χ2n) is 2.56. The summed E-state index contributed by atoms with van der Waals surface area (Å²) in [6.07, 6.45) is 0. The molecule has 2 N–H and O–H groups in total. The summed E-state index contributed by atoms with van der Waals surface area (Å²) >= 11 is 0. The van der Waals surface area contributed by atoms with Gasteiger partial charge in [0, 0.05) is 0 Å². The maximum absolute atomic E-state index is 10.7. The van der Waals surface area contributed by atoms with Gasteiger partial charge in [-0.25, -0.2) is 8.42 Å². The molecule has 1 heterocycles. The molecule has 0 atom stereocenters. The van der Waals surface area contributed by atoms with E-state index < -0.39 is 15.0 Å². The third kappa shape index (κ3) is 2.03. The second kappa shape index (κ2) is 3.91. The number of aromatic hydroxyl groups is 1. The quantitative estimate of drug-likeness (QED) is 0.543. The summed E-state index contributed by atoms with van der Waals surface area (Å²) in [6, 6.07) is 2.07. The van der Waals surface area contributed by atoms with Crippen molar-refractivity contribution in [2.45, 2.75) is 4.90 Å². The molecule has 84 valence electrons. The number of aromatic amines is 1. The standard InChI is InChI=1S/C6H5N3O4S.Ag/c10-3-1-2-4(14(11,12)13)6-5(3)7-9-8-6;/h1-2,10H,(H,7,8,9)(H,11,12,13);/q;+1/p-1. The average Bonchev–Trinajstić information content (AvgIpc) is 2.50. The number of rotatable bonds is 1. The molecule has 15 heavy (non-hydrogen) atoms. The number of phenols is 1. The van der Waals surface area contributed by atoms with Crippen LogP contribution in [-0.4, -0.2) is 33.5 Å². The summed E-state index contributed by atoms with van der Waals surface area (Å²) in [5.41, 5.74) is -0.193. The molecule has 0 amide bonds. The molecule has 0 unspecified atom stereocenters. The number of hydrogen-bond acceptors (Lipinski definition) is 6. The molecule has 0 saturated heterocycles. The Hall–Kier alpha value is -0.930. The van der Waals surface area contributed by atoms with E-state index in [0.29, 0.717) is 0 Å². The first-order valence-electron chi connectivity index (χ1n) is 3.48. The van der Waals surface area contributed by atoms with Crippen molar-refractivity contribution in [2.75, 3.05) is 0 Å². The van der Waals surface area contributed by atoms with Gasteiger partial charge in [0.15, 0.2) is 5.52 Å². The summed E-state index contributed by atoms with van der Waals surface area (Å²) in [7, 11) is -4.60. The van der Waals surface area contributed by atoms with Gasteiger partial charge in [-0.05, 0) is 12.1 Å². The van der Waals surface area contributed by atoms with Crippen LogP contribution in [0.2, 0.25) is 0 Å². The van der Waals surface area contributed by atoms with Gasteiger partial charge in [-0.2, -0.15) is 15.4 Å². The predicted molar refractivity (Wildman–Crippen MR) is 43.5 cm³/mol. The first kappa shape index (κ1) is 12.1. The zero-order valence-corrected chi connectivity index (χ0v) is 9.23. The van der Waals surface area contributed by atoms with Crippen LogP contribution in [0.4, 0.5) is 0 Å². The SMILES string of the molecule is O=S(=O)([O-])c1ccc(O)c2n[nH]nc12.[Ag+]. The van der Waals surface area contributed by atoms with Crippen LogP contribution < -0.4 is 0 Å². The number of fused-ring (bicyclic) bond motifs is 1. The number of nitrogens with zero attached hydrogens (tertiary/aromatic N) is 2. The molecule has 2 aromatic rings. The van der Waals surface area contributed by atoms with Crippen LogP contribution >= 0.6 is 0 Å². The van der Waals surface area contributed by atoms with E-state index in [0.717, 1.165) is 12.1 Å². The fraction of sp³-hybridized carbons (Fsp3) is 0. The van der Waals surface area contributed by atoms with E-state index in [4.69, 9.17) is 0 Å². The molecule has 1 aromatic carbocycles. The van der Waals surface area contributed by atoms with Gasteiger partial charge in [-0.3, -0.25) is 0 Å². The van der Waals surface area contributed by atoms with Crippen molar-refractivity contribution in [2.24, 2.45) is 0 Å². The number of H-pyrrole nitrogens is 1. The molecule has 2 rings (SSSR count). The number of aromatic nitrogens is 3. The van der Waals surface area contributed by atoms with Crippen molar-refractivity contribution in [1.29, 1.82) is 0 Å². The molecule has 0 bridgehead atoms. The van der Waals surface area contributed by atoms with Crippen LogP contribution in [0.25, 0.3) is 11.0 Å². The normalized spacial score (nSPS) is 11.3. The van der Waals surface area contributed by atoms with E-state index in [2.05, 4.69) is 15.4 Å². The van der Waals surface area contributed by atoms with Crippen molar-refractivity contribution in [1.82, 2.24) is 15.4 Å². The Balaban J connectivity index is 0.00000112. The van der Waals surface area contributed by atoms with Crippen LogP contribution in [0.5, 0.6) is 5.75 Å². The van der Waals surface area contributed by atoms with Crippen LogP contribution in [-0.2, 0) is 32.5 Å². The van der Waals surface area contributed by atoms with Crippen molar-refractivity contribution in [3.63, 3.8) is 0 Å². The monoisotopic (exact) mass is 321 g/mol. The molecule has 9 heteroatoms. The Morgan fingerprint density at radius 2 is 1.87 bits per heavy atom. The summed E-state index contributed by atoms with van der Waals surface area (Å²) in [4.78, 5) is -0.501. The van der Waals surface area contributed by atoms with Crippen molar-refractivity contribution < 1.29 is 40.5 Å². The van der Waals surface area contributed by atoms with Gasteiger partial charge in [0.1, 0.15) is 21.4 Å². The van der Waals surface area contributed by atoms with Gasteiger partial charge in [-0.1, -0.05) is 0 Å². The van der Waals surface area contributed by atoms with Crippen LogP contribution in [0.15, 0.2) is 17.0 Å². The molecule has 0 aliphatic heterocycles. The van der Waals surface area contributed by atoms with E-state index in [1.807, 2.05) is 0 Å². The van der Waals surface area contributed by atoms with E-state index in [9.17, 15) is 18.1 Å². The minimum absolute atomic E-state index is 0. The average molecular weight is 322 g/mol. The van der Waals surface area contributed by atoms with E-state index >= 15 is 0 Å². The Morgan fingerprint density at radius 3 is 2.47 bits per heavy atom.